The summed E-state index contributed by atoms with van der Waals surface area (Å²) in [4.78, 5) is 24.8. The summed E-state index contributed by atoms with van der Waals surface area (Å²) in [5, 5.41) is 4.70. The van der Waals surface area contributed by atoms with Crippen molar-refractivity contribution < 1.29 is 28.5 Å². The lowest BCUT2D eigenvalue weighted by Crippen LogP contribution is -2.30. The van der Waals surface area contributed by atoms with Crippen molar-refractivity contribution in [2.75, 3.05) is 34.5 Å². The Hall–Kier alpha value is -3.00. The van der Waals surface area contributed by atoms with E-state index in [1.165, 1.54) is 32.3 Å². The molecule has 0 aliphatic carbocycles. The average Bonchev–Trinajstić information content (AvgIpc) is 3.23. The van der Waals surface area contributed by atoms with E-state index >= 15 is 0 Å². The van der Waals surface area contributed by atoms with Gasteiger partial charge in [-0.15, -0.1) is 11.3 Å². The highest BCUT2D eigenvalue weighted by atomic mass is 32.1. The lowest BCUT2D eigenvalue weighted by Gasteiger charge is -2.12. The zero-order chi connectivity index (χ0) is 20.4. The molecule has 0 unspecified atom stereocenters. The van der Waals surface area contributed by atoms with Crippen molar-refractivity contribution in [2.45, 2.75) is 6.42 Å². The van der Waals surface area contributed by atoms with Crippen LogP contribution in [0, 0.1) is 0 Å². The van der Waals surface area contributed by atoms with Crippen LogP contribution in [0.4, 0.5) is 0 Å². The van der Waals surface area contributed by atoms with Crippen molar-refractivity contribution in [1.82, 2.24) is 5.32 Å². The molecular formula is C20H23NO6S. The summed E-state index contributed by atoms with van der Waals surface area (Å²) in [6.45, 7) is 0.168. The molecule has 0 bridgehead atoms. The molecule has 2 aromatic rings. The van der Waals surface area contributed by atoms with E-state index in [1.54, 1.807) is 29.5 Å². The summed E-state index contributed by atoms with van der Waals surface area (Å²) < 4.78 is 20.7. The van der Waals surface area contributed by atoms with Crippen molar-refractivity contribution in [1.29, 1.82) is 0 Å². The predicted molar refractivity (Wildman–Crippen MR) is 107 cm³/mol. The van der Waals surface area contributed by atoms with Crippen molar-refractivity contribution in [3.05, 3.63) is 46.2 Å². The predicted octanol–water partition coefficient (Wildman–Crippen LogP) is 2.69. The minimum atomic E-state index is -0.623. The van der Waals surface area contributed by atoms with E-state index < -0.39 is 5.97 Å². The minimum Gasteiger partial charge on any atom is -0.493 e. The van der Waals surface area contributed by atoms with E-state index in [1.807, 2.05) is 17.5 Å². The third-order valence-electron chi connectivity index (χ3n) is 3.72. The Bertz CT molecular complexity index is 791. The molecule has 28 heavy (non-hydrogen) atoms. The molecule has 1 N–H and O–H groups in total. The maximum Gasteiger partial charge on any atom is 0.331 e. The third kappa shape index (κ3) is 6.31. The SMILES string of the molecule is COc1cc(/C=C/C(=O)OCC(=O)NCCc2cccs2)cc(OC)c1OC. The molecule has 1 heterocycles. The maximum absolute atomic E-state index is 11.8. The van der Waals surface area contributed by atoms with E-state index in [-0.39, 0.29) is 12.5 Å². The van der Waals surface area contributed by atoms with Gasteiger partial charge in [0.15, 0.2) is 18.1 Å². The first kappa shape index (κ1) is 21.3. The van der Waals surface area contributed by atoms with Gasteiger partial charge in [0.25, 0.3) is 5.91 Å². The summed E-state index contributed by atoms with van der Waals surface area (Å²) in [7, 11) is 4.53. The first-order valence-corrected chi connectivity index (χ1v) is 9.39. The molecule has 0 aliphatic rings. The molecular weight excluding hydrogens is 382 g/mol. The van der Waals surface area contributed by atoms with Crippen molar-refractivity contribution in [3.63, 3.8) is 0 Å². The molecule has 7 nitrogen and oxygen atoms in total. The molecule has 0 radical (unpaired) electrons. The molecule has 0 saturated carbocycles. The average molecular weight is 405 g/mol. The second kappa shape index (κ2) is 11.0. The number of esters is 1. The number of carbonyl (C=O) groups is 2. The number of ether oxygens (including phenoxy) is 4. The smallest absolute Gasteiger partial charge is 0.331 e. The van der Waals surface area contributed by atoms with Crippen LogP contribution in [0.15, 0.2) is 35.7 Å². The van der Waals surface area contributed by atoms with Gasteiger partial charge >= 0.3 is 5.97 Å². The van der Waals surface area contributed by atoms with E-state index in [4.69, 9.17) is 18.9 Å². The molecule has 1 aromatic heterocycles. The largest absolute Gasteiger partial charge is 0.493 e. The van der Waals surface area contributed by atoms with Gasteiger partial charge in [-0.05, 0) is 41.6 Å². The zero-order valence-electron chi connectivity index (χ0n) is 16.0. The lowest BCUT2D eigenvalue weighted by molar-refractivity contribution is -0.143. The normalized spacial score (nSPS) is 10.5. The fourth-order valence-corrected chi connectivity index (χ4v) is 3.09. The van der Waals surface area contributed by atoms with Crippen LogP contribution in [0.5, 0.6) is 17.2 Å². The highest BCUT2D eigenvalue weighted by Gasteiger charge is 2.12. The van der Waals surface area contributed by atoms with Gasteiger partial charge < -0.3 is 24.3 Å². The van der Waals surface area contributed by atoms with Gasteiger partial charge in [0, 0.05) is 17.5 Å². The van der Waals surface area contributed by atoms with Crippen LogP contribution in [0.2, 0.25) is 0 Å². The number of amides is 1. The first-order valence-electron chi connectivity index (χ1n) is 8.51. The molecule has 0 fully saturated rings. The Morgan fingerprint density at radius 1 is 1.11 bits per heavy atom. The number of nitrogens with one attached hydrogen (secondary N) is 1. The first-order chi connectivity index (χ1) is 13.6. The Balaban J connectivity index is 1.83. The van der Waals surface area contributed by atoms with Crippen LogP contribution in [0.1, 0.15) is 10.4 Å². The number of rotatable bonds is 10. The van der Waals surface area contributed by atoms with Crippen LogP contribution in [0.3, 0.4) is 0 Å². The maximum atomic E-state index is 11.8. The number of methoxy groups -OCH3 is 3. The van der Waals surface area contributed by atoms with Gasteiger partial charge in [-0.2, -0.15) is 0 Å². The van der Waals surface area contributed by atoms with E-state index in [0.717, 1.165) is 6.42 Å². The van der Waals surface area contributed by atoms with Crippen LogP contribution in [0.25, 0.3) is 6.08 Å². The summed E-state index contributed by atoms with van der Waals surface area (Å²) >= 11 is 1.63. The van der Waals surface area contributed by atoms with E-state index in [9.17, 15) is 9.59 Å². The number of thiophene rings is 1. The standard InChI is InChI=1S/C20H23NO6S/c1-24-16-11-14(12-17(25-2)20(16)26-3)6-7-19(23)27-13-18(22)21-9-8-15-5-4-10-28-15/h4-7,10-12H,8-9,13H2,1-3H3,(H,21,22)/b7-6+. The monoisotopic (exact) mass is 405 g/mol. The summed E-state index contributed by atoms with van der Waals surface area (Å²) in [6, 6.07) is 7.36. The quantitative estimate of drug-likeness (QED) is 0.483. The van der Waals surface area contributed by atoms with Crippen LogP contribution in [-0.2, 0) is 20.7 Å². The van der Waals surface area contributed by atoms with Crippen LogP contribution in [-0.4, -0.2) is 46.4 Å². The number of carbonyl (C=O) groups excluding carboxylic acids is 2. The molecule has 0 spiro atoms. The van der Waals surface area contributed by atoms with E-state index in [0.29, 0.717) is 29.4 Å². The van der Waals surface area contributed by atoms with Gasteiger partial charge in [0.1, 0.15) is 0 Å². The fraction of sp³-hybridized carbons (Fsp3) is 0.300. The molecule has 150 valence electrons. The van der Waals surface area contributed by atoms with Crippen LogP contribution >= 0.6 is 11.3 Å². The topological polar surface area (TPSA) is 83.1 Å². The Morgan fingerprint density at radius 3 is 2.39 bits per heavy atom. The zero-order valence-corrected chi connectivity index (χ0v) is 16.8. The Labute approximate surface area is 167 Å². The summed E-state index contributed by atoms with van der Waals surface area (Å²) in [5.74, 6) is 0.442. The highest BCUT2D eigenvalue weighted by Crippen LogP contribution is 2.38. The molecule has 8 heteroatoms. The second-order valence-electron chi connectivity index (χ2n) is 5.58. The van der Waals surface area contributed by atoms with E-state index in [2.05, 4.69) is 5.32 Å². The van der Waals surface area contributed by atoms with Crippen molar-refractivity contribution in [2.24, 2.45) is 0 Å². The fourth-order valence-electron chi connectivity index (χ4n) is 2.38. The second-order valence-corrected chi connectivity index (χ2v) is 6.61. The number of benzene rings is 1. The molecule has 1 amide bonds. The molecule has 0 saturated heterocycles. The minimum absolute atomic E-state index is 0.330. The molecule has 0 aliphatic heterocycles. The van der Waals surface area contributed by atoms with Crippen molar-refractivity contribution >= 4 is 29.3 Å². The number of hydrogen-bond donors (Lipinski definition) is 1. The van der Waals surface area contributed by atoms with Gasteiger partial charge in [0.2, 0.25) is 5.75 Å². The summed E-state index contributed by atoms with van der Waals surface area (Å²) in [5.41, 5.74) is 0.659. The highest BCUT2D eigenvalue weighted by molar-refractivity contribution is 7.09. The van der Waals surface area contributed by atoms with Gasteiger partial charge in [0.05, 0.1) is 21.3 Å². The van der Waals surface area contributed by atoms with Crippen molar-refractivity contribution in [3.8, 4) is 17.2 Å². The Morgan fingerprint density at radius 2 is 1.82 bits per heavy atom. The molecule has 0 atom stereocenters. The number of hydrogen-bond acceptors (Lipinski definition) is 7. The third-order valence-corrected chi connectivity index (χ3v) is 4.65. The van der Waals surface area contributed by atoms with Gasteiger partial charge in [-0.25, -0.2) is 4.79 Å². The molecule has 1 aromatic carbocycles. The lowest BCUT2D eigenvalue weighted by atomic mass is 10.1. The van der Waals surface area contributed by atoms with Gasteiger partial charge in [-0.3, -0.25) is 4.79 Å². The Kier molecular flexibility index (Phi) is 8.36. The van der Waals surface area contributed by atoms with Gasteiger partial charge in [-0.1, -0.05) is 6.07 Å². The van der Waals surface area contributed by atoms with Crippen LogP contribution < -0.4 is 19.5 Å². The summed E-state index contributed by atoms with van der Waals surface area (Å²) in [6.07, 6.45) is 3.53. The molecule has 2 rings (SSSR count).